The second-order valence-electron chi connectivity index (χ2n) is 7.96. The highest BCUT2D eigenvalue weighted by molar-refractivity contribution is 5.87. The molecule has 0 atom stereocenters. The van der Waals surface area contributed by atoms with Crippen molar-refractivity contribution in [3.05, 3.63) is 109 Å². The van der Waals surface area contributed by atoms with Gasteiger partial charge in [0.05, 0.1) is 5.69 Å². The number of carboxylic acids is 1. The molecule has 0 saturated heterocycles. The average Bonchev–Trinajstić information content (AvgIpc) is 2.91. The third-order valence-corrected chi connectivity index (χ3v) is 5.43. The SMILES string of the molecule is O=C(O)COc1cc(-c2ccccc2)nc(-c2ccc3cc(OCc4ccccc4)ccc3c2)n1. The van der Waals surface area contributed by atoms with Gasteiger partial charge in [0.25, 0.3) is 0 Å². The van der Waals surface area contributed by atoms with Crippen LogP contribution in [0.2, 0.25) is 0 Å². The summed E-state index contributed by atoms with van der Waals surface area (Å²) in [7, 11) is 0. The number of benzene rings is 4. The molecule has 0 saturated carbocycles. The molecule has 0 aliphatic heterocycles. The molecule has 1 N–H and O–H groups in total. The van der Waals surface area contributed by atoms with Gasteiger partial charge >= 0.3 is 5.97 Å². The Hall–Kier alpha value is -4.71. The molecule has 0 aliphatic carbocycles. The fourth-order valence-corrected chi connectivity index (χ4v) is 3.71. The number of hydrogen-bond acceptors (Lipinski definition) is 5. The van der Waals surface area contributed by atoms with Crippen LogP contribution in [-0.2, 0) is 11.4 Å². The maximum Gasteiger partial charge on any atom is 0.341 e. The molecule has 35 heavy (non-hydrogen) atoms. The van der Waals surface area contributed by atoms with Crippen molar-refractivity contribution in [1.29, 1.82) is 0 Å². The van der Waals surface area contributed by atoms with Gasteiger partial charge in [-0.05, 0) is 34.5 Å². The third-order valence-electron chi connectivity index (χ3n) is 5.43. The summed E-state index contributed by atoms with van der Waals surface area (Å²) < 4.78 is 11.3. The molecule has 0 unspecified atom stereocenters. The van der Waals surface area contributed by atoms with Gasteiger partial charge in [-0.2, -0.15) is 4.98 Å². The van der Waals surface area contributed by atoms with Crippen molar-refractivity contribution in [1.82, 2.24) is 9.97 Å². The average molecular weight is 463 g/mol. The Kier molecular flexibility index (Phi) is 6.35. The van der Waals surface area contributed by atoms with E-state index in [0.717, 1.165) is 33.2 Å². The predicted octanol–water partition coefficient (Wildman–Crippen LogP) is 6.01. The molecule has 0 fully saturated rings. The van der Waals surface area contributed by atoms with Crippen LogP contribution in [-0.4, -0.2) is 27.7 Å². The van der Waals surface area contributed by atoms with Crippen molar-refractivity contribution in [3.8, 4) is 34.3 Å². The first kappa shape index (κ1) is 22.1. The lowest BCUT2D eigenvalue weighted by Gasteiger charge is -2.11. The molecular formula is C29H22N2O4. The molecular weight excluding hydrogens is 440 g/mol. The lowest BCUT2D eigenvalue weighted by Crippen LogP contribution is -2.11. The summed E-state index contributed by atoms with van der Waals surface area (Å²) in [5, 5.41) is 11.1. The van der Waals surface area contributed by atoms with Gasteiger partial charge in [0.15, 0.2) is 12.4 Å². The van der Waals surface area contributed by atoms with Crippen LogP contribution in [0.5, 0.6) is 11.6 Å². The quantitative estimate of drug-likeness (QED) is 0.304. The van der Waals surface area contributed by atoms with Crippen LogP contribution in [0.25, 0.3) is 33.4 Å². The Morgan fingerprint density at radius 1 is 0.714 bits per heavy atom. The van der Waals surface area contributed by atoms with E-state index in [4.69, 9.17) is 19.6 Å². The Morgan fingerprint density at radius 3 is 2.20 bits per heavy atom. The normalized spacial score (nSPS) is 10.7. The molecule has 0 bridgehead atoms. The Morgan fingerprint density at radius 2 is 1.43 bits per heavy atom. The summed E-state index contributed by atoms with van der Waals surface area (Å²) in [6.45, 7) is 0.0256. The molecule has 1 heterocycles. The zero-order valence-electron chi connectivity index (χ0n) is 18.8. The number of aliphatic carboxylic acids is 1. The molecule has 5 rings (SSSR count). The van der Waals surface area contributed by atoms with Crippen LogP contribution in [0, 0.1) is 0 Å². The number of aromatic nitrogens is 2. The number of fused-ring (bicyclic) bond motifs is 1. The van der Waals surface area contributed by atoms with Gasteiger partial charge in [-0.15, -0.1) is 0 Å². The standard InChI is InChI=1S/C29H22N2O4/c32-28(33)19-35-27-17-26(21-9-5-2-6-10-21)30-29(31-27)24-12-11-23-16-25(14-13-22(23)15-24)34-18-20-7-3-1-4-8-20/h1-17H,18-19H2,(H,32,33). The zero-order chi connectivity index (χ0) is 24.0. The Labute approximate surface area is 202 Å². The maximum atomic E-state index is 11.0. The van der Waals surface area contributed by atoms with Crippen molar-refractivity contribution >= 4 is 16.7 Å². The third kappa shape index (κ3) is 5.45. The van der Waals surface area contributed by atoms with Gasteiger partial charge in [-0.3, -0.25) is 0 Å². The van der Waals surface area contributed by atoms with Crippen molar-refractivity contribution < 1.29 is 19.4 Å². The van der Waals surface area contributed by atoms with Crippen LogP contribution in [0.1, 0.15) is 5.56 Å². The summed E-state index contributed by atoms with van der Waals surface area (Å²) in [6, 6.07) is 33.2. The molecule has 172 valence electrons. The summed E-state index contributed by atoms with van der Waals surface area (Å²) in [4.78, 5) is 20.2. The van der Waals surface area contributed by atoms with E-state index >= 15 is 0 Å². The van der Waals surface area contributed by atoms with Crippen LogP contribution >= 0.6 is 0 Å². The first-order chi connectivity index (χ1) is 17.1. The topological polar surface area (TPSA) is 81.5 Å². The Bertz CT molecular complexity index is 1470. The first-order valence-corrected chi connectivity index (χ1v) is 11.1. The minimum Gasteiger partial charge on any atom is -0.489 e. The molecule has 1 aromatic heterocycles. The number of nitrogens with zero attached hydrogens (tertiary/aromatic N) is 2. The van der Waals surface area contributed by atoms with Crippen molar-refractivity contribution in [2.24, 2.45) is 0 Å². The smallest absolute Gasteiger partial charge is 0.341 e. The van der Waals surface area contributed by atoms with E-state index in [-0.39, 0.29) is 5.88 Å². The van der Waals surface area contributed by atoms with Crippen LogP contribution < -0.4 is 9.47 Å². The van der Waals surface area contributed by atoms with Crippen LogP contribution in [0.4, 0.5) is 0 Å². The van der Waals surface area contributed by atoms with E-state index in [1.165, 1.54) is 0 Å². The van der Waals surface area contributed by atoms with Gasteiger partial charge in [0.2, 0.25) is 5.88 Å². The highest BCUT2D eigenvalue weighted by Crippen LogP contribution is 2.29. The van der Waals surface area contributed by atoms with Crippen molar-refractivity contribution in [3.63, 3.8) is 0 Å². The molecule has 0 spiro atoms. The highest BCUT2D eigenvalue weighted by atomic mass is 16.5. The zero-order valence-corrected chi connectivity index (χ0v) is 18.8. The maximum absolute atomic E-state index is 11.0. The van der Waals surface area contributed by atoms with Gasteiger partial charge in [0.1, 0.15) is 12.4 Å². The van der Waals surface area contributed by atoms with Gasteiger partial charge in [-0.25, -0.2) is 9.78 Å². The van der Waals surface area contributed by atoms with E-state index in [1.54, 1.807) is 6.07 Å². The number of rotatable bonds is 8. The summed E-state index contributed by atoms with van der Waals surface area (Å²) >= 11 is 0. The molecule has 4 aromatic carbocycles. The van der Waals surface area contributed by atoms with E-state index in [0.29, 0.717) is 18.1 Å². The minimum atomic E-state index is -1.07. The van der Waals surface area contributed by atoms with Crippen molar-refractivity contribution in [2.75, 3.05) is 6.61 Å². The molecule has 6 nitrogen and oxygen atoms in total. The number of hydrogen-bond donors (Lipinski definition) is 1. The van der Waals surface area contributed by atoms with Gasteiger partial charge in [0, 0.05) is 17.2 Å². The molecule has 0 aliphatic rings. The summed E-state index contributed by atoms with van der Waals surface area (Å²) in [5.74, 6) is 0.391. The van der Waals surface area contributed by atoms with E-state index in [2.05, 4.69) is 4.98 Å². The van der Waals surface area contributed by atoms with Crippen molar-refractivity contribution in [2.45, 2.75) is 6.61 Å². The molecule has 5 aromatic rings. The second-order valence-corrected chi connectivity index (χ2v) is 7.96. The number of carbonyl (C=O) groups is 1. The fourth-order valence-electron chi connectivity index (χ4n) is 3.71. The van der Waals surface area contributed by atoms with Crippen LogP contribution in [0.3, 0.4) is 0 Å². The van der Waals surface area contributed by atoms with E-state index in [9.17, 15) is 4.79 Å². The molecule has 0 amide bonds. The molecule has 6 heteroatoms. The van der Waals surface area contributed by atoms with Gasteiger partial charge in [-0.1, -0.05) is 78.9 Å². The first-order valence-electron chi connectivity index (χ1n) is 11.1. The summed E-state index contributed by atoms with van der Waals surface area (Å²) in [6.07, 6.45) is 0. The monoisotopic (exact) mass is 462 g/mol. The fraction of sp³-hybridized carbons (Fsp3) is 0.0690. The van der Waals surface area contributed by atoms with E-state index in [1.807, 2.05) is 97.1 Å². The second kappa shape index (κ2) is 10.1. The predicted molar refractivity (Wildman–Crippen MR) is 134 cm³/mol. The van der Waals surface area contributed by atoms with Gasteiger partial charge < -0.3 is 14.6 Å². The van der Waals surface area contributed by atoms with E-state index < -0.39 is 12.6 Å². The minimum absolute atomic E-state index is 0.209. The number of carboxylic acid groups (broad SMARTS) is 1. The highest BCUT2D eigenvalue weighted by Gasteiger charge is 2.12. The Balaban J connectivity index is 1.45. The lowest BCUT2D eigenvalue weighted by atomic mass is 10.1. The largest absolute Gasteiger partial charge is 0.489 e. The molecule has 0 radical (unpaired) electrons. The number of ether oxygens (including phenoxy) is 2. The lowest BCUT2D eigenvalue weighted by molar-refractivity contribution is -0.139. The summed E-state index contributed by atoms with van der Waals surface area (Å²) in [5.41, 5.74) is 3.45. The van der Waals surface area contributed by atoms with Crippen LogP contribution in [0.15, 0.2) is 103 Å².